The lowest BCUT2D eigenvalue weighted by Gasteiger charge is -2.36. The summed E-state index contributed by atoms with van der Waals surface area (Å²) in [5.74, 6) is 0. The maximum absolute atomic E-state index is 9.99. The zero-order chi connectivity index (χ0) is 20.5. The Bertz CT molecular complexity index is 374. The molecule has 1 saturated heterocycles. The Labute approximate surface area is 172 Å². The van der Waals surface area contributed by atoms with Gasteiger partial charge in [0.2, 0.25) is 0 Å². The van der Waals surface area contributed by atoms with E-state index in [4.69, 9.17) is 14.6 Å². The number of allylic oxidation sites excluding steroid dienone is 2. The molecular formula is C23H44O5. The molecule has 0 saturated carbocycles. The largest absolute Gasteiger partial charge is 0.394 e. The number of unbranched alkanes of at least 4 members (excludes halogenated alkanes) is 11. The number of ether oxygens (including phenoxy) is 2. The maximum atomic E-state index is 9.99. The van der Waals surface area contributed by atoms with Gasteiger partial charge in [0.15, 0.2) is 0 Å². The summed E-state index contributed by atoms with van der Waals surface area (Å²) in [6.45, 7) is 2.74. The van der Waals surface area contributed by atoms with Crippen LogP contribution in [0, 0.1) is 0 Å². The minimum atomic E-state index is -1.09. The van der Waals surface area contributed by atoms with Gasteiger partial charge in [-0.25, -0.2) is 0 Å². The molecular weight excluding hydrogens is 356 g/mol. The van der Waals surface area contributed by atoms with Gasteiger partial charge in [0, 0.05) is 6.61 Å². The van der Waals surface area contributed by atoms with E-state index in [-0.39, 0.29) is 13.2 Å². The first kappa shape index (κ1) is 25.6. The molecule has 0 aromatic carbocycles. The van der Waals surface area contributed by atoms with Crippen LogP contribution in [0.4, 0.5) is 0 Å². The predicted molar refractivity (Wildman–Crippen MR) is 113 cm³/mol. The van der Waals surface area contributed by atoms with Gasteiger partial charge in [-0.15, -0.1) is 0 Å². The second-order valence-corrected chi connectivity index (χ2v) is 8.03. The molecule has 4 atom stereocenters. The van der Waals surface area contributed by atoms with Gasteiger partial charge in [0.25, 0.3) is 0 Å². The predicted octanol–water partition coefficient (Wildman–Crippen LogP) is 4.13. The Kier molecular flexibility index (Phi) is 15.9. The van der Waals surface area contributed by atoms with E-state index < -0.39 is 24.4 Å². The standard InChI is InChI=1S/C23H44O5/c1-2-3-4-5-6-7-8-9-10-11-12-13-14-15-16-17-27-21-19-28-20(18-24)22(25)23(21)26/h11-12,20-26H,2-10,13-19H2,1H3/b12-11+/t20-,21+,22-,23-/m0/s1. The Morgan fingerprint density at radius 3 is 2.00 bits per heavy atom. The average molecular weight is 401 g/mol. The van der Waals surface area contributed by atoms with Gasteiger partial charge >= 0.3 is 0 Å². The average Bonchev–Trinajstić information content (AvgIpc) is 2.70. The van der Waals surface area contributed by atoms with Crippen molar-refractivity contribution in [3.8, 4) is 0 Å². The smallest absolute Gasteiger partial charge is 0.111 e. The summed E-state index contributed by atoms with van der Waals surface area (Å²) in [7, 11) is 0. The first-order chi connectivity index (χ1) is 13.7. The molecule has 1 aliphatic rings. The van der Waals surface area contributed by atoms with Crippen molar-refractivity contribution in [1.82, 2.24) is 0 Å². The first-order valence-electron chi connectivity index (χ1n) is 11.6. The van der Waals surface area contributed by atoms with E-state index in [0.717, 1.165) is 25.7 Å². The fourth-order valence-electron chi connectivity index (χ4n) is 3.57. The van der Waals surface area contributed by atoms with Gasteiger partial charge in [0.05, 0.1) is 13.2 Å². The van der Waals surface area contributed by atoms with Gasteiger partial charge in [-0.1, -0.05) is 70.4 Å². The first-order valence-corrected chi connectivity index (χ1v) is 11.6. The Morgan fingerprint density at radius 2 is 1.39 bits per heavy atom. The van der Waals surface area contributed by atoms with Crippen LogP contribution in [0.2, 0.25) is 0 Å². The fourth-order valence-corrected chi connectivity index (χ4v) is 3.57. The van der Waals surface area contributed by atoms with Crippen LogP contribution in [-0.2, 0) is 9.47 Å². The molecule has 166 valence electrons. The molecule has 1 fully saturated rings. The highest BCUT2D eigenvalue weighted by Crippen LogP contribution is 2.18. The molecule has 5 heteroatoms. The third-order valence-electron chi connectivity index (χ3n) is 5.50. The molecule has 0 unspecified atom stereocenters. The number of rotatable bonds is 17. The SMILES string of the molecule is CCCCCCCCCC/C=C/CCCCCO[C@@H]1CO[C@@H](CO)[C@H](O)[C@H]1O. The third-order valence-corrected chi connectivity index (χ3v) is 5.50. The molecule has 0 amide bonds. The quantitative estimate of drug-likeness (QED) is 0.253. The summed E-state index contributed by atoms with van der Waals surface area (Å²) in [6, 6.07) is 0. The molecule has 0 bridgehead atoms. The highest BCUT2D eigenvalue weighted by atomic mass is 16.6. The normalized spacial score (nSPS) is 25.6. The highest BCUT2D eigenvalue weighted by Gasteiger charge is 2.38. The van der Waals surface area contributed by atoms with E-state index >= 15 is 0 Å². The van der Waals surface area contributed by atoms with Crippen LogP contribution in [0.1, 0.15) is 90.4 Å². The Morgan fingerprint density at radius 1 is 0.821 bits per heavy atom. The monoisotopic (exact) mass is 400 g/mol. The summed E-state index contributed by atoms with van der Waals surface area (Å²) >= 11 is 0. The molecule has 1 rings (SSSR count). The van der Waals surface area contributed by atoms with Crippen molar-refractivity contribution in [3.63, 3.8) is 0 Å². The van der Waals surface area contributed by atoms with Gasteiger partial charge in [0.1, 0.15) is 24.4 Å². The highest BCUT2D eigenvalue weighted by molar-refractivity contribution is 4.87. The summed E-state index contributed by atoms with van der Waals surface area (Å²) in [5.41, 5.74) is 0. The van der Waals surface area contributed by atoms with Crippen molar-refractivity contribution >= 4 is 0 Å². The van der Waals surface area contributed by atoms with E-state index in [1.54, 1.807) is 0 Å². The number of hydrogen-bond acceptors (Lipinski definition) is 5. The van der Waals surface area contributed by atoms with Crippen molar-refractivity contribution < 1.29 is 24.8 Å². The molecule has 0 aromatic rings. The molecule has 1 heterocycles. The Hall–Kier alpha value is -0.460. The molecule has 28 heavy (non-hydrogen) atoms. The van der Waals surface area contributed by atoms with Crippen LogP contribution >= 0.6 is 0 Å². The van der Waals surface area contributed by atoms with E-state index in [9.17, 15) is 10.2 Å². The summed E-state index contributed by atoms with van der Waals surface area (Å²) in [5, 5.41) is 28.9. The summed E-state index contributed by atoms with van der Waals surface area (Å²) in [4.78, 5) is 0. The van der Waals surface area contributed by atoms with Gasteiger partial charge < -0.3 is 24.8 Å². The van der Waals surface area contributed by atoms with Crippen molar-refractivity contribution in [2.24, 2.45) is 0 Å². The Balaban J connectivity index is 1.87. The minimum absolute atomic E-state index is 0.213. The van der Waals surface area contributed by atoms with Gasteiger partial charge in [-0.05, 0) is 32.1 Å². The van der Waals surface area contributed by atoms with Gasteiger partial charge in [-0.3, -0.25) is 0 Å². The lowest BCUT2D eigenvalue weighted by atomic mass is 10.0. The van der Waals surface area contributed by atoms with E-state index in [0.29, 0.717) is 6.61 Å². The molecule has 0 radical (unpaired) electrons. The maximum Gasteiger partial charge on any atom is 0.111 e. The molecule has 1 aliphatic heterocycles. The van der Waals surface area contributed by atoms with Crippen LogP contribution in [-0.4, -0.2) is 59.6 Å². The summed E-state index contributed by atoms with van der Waals surface area (Å²) in [6.07, 6.45) is 17.8. The second-order valence-electron chi connectivity index (χ2n) is 8.03. The van der Waals surface area contributed by atoms with Crippen LogP contribution in [0.15, 0.2) is 12.2 Å². The van der Waals surface area contributed by atoms with Crippen molar-refractivity contribution in [1.29, 1.82) is 0 Å². The topological polar surface area (TPSA) is 79.2 Å². The van der Waals surface area contributed by atoms with Crippen LogP contribution in [0.3, 0.4) is 0 Å². The van der Waals surface area contributed by atoms with Crippen molar-refractivity contribution in [3.05, 3.63) is 12.2 Å². The molecule has 5 nitrogen and oxygen atoms in total. The molecule has 3 N–H and O–H groups in total. The number of aliphatic hydroxyl groups excluding tert-OH is 3. The van der Waals surface area contributed by atoms with Gasteiger partial charge in [-0.2, -0.15) is 0 Å². The van der Waals surface area contributed by atoms with E-state index in [1.165, 1.54) is 57.8 Å². The van der Waals surface area contributed by atoms with Crippen LogP contribution in [0.25, 0.3) is 0 Å². The molecule has 0 aliphatic carbocycles. The third kappa shape index (κ3) is 11.5. The second kappa shape index (κ2) is 17.4. The van der Waals surface area contributed by atoms with Crippen molar-refractivity contribution in [2.45, 2.75) is 115 Å². The zero-order valence-electron chi connectivity index (χ0n) is 17.9. The van der Waals surface area contributed by atoms with Crippen LogP contribution in [0.5, 0.6) is 0 Å². The number of hydrogen-bond donors (Lipinski definition) is 3. The zero-order valence-corrected chi connectivity index (χ0v) is 17.9. The van der Waals surface area contributed by atoms with Crippen LogP contribution < -0.4 is 0 Å². The van der Waals surface area contributed by atoms with Crippen molar-refractivity contribution in [2.75, 3.05) is 19.8 Å². The lowest BCUT2D eigenvalue weighted by Crippen LogP contribution is -2.55. The molecule has 0 aromatic heterocycles. The lowest BCUT2D eigenvalue weighted by molar-refractivity contribution is -0.208. The molecule has 0 spiro atoms. The fraction of sp³-hybridized carbons (Fsp3) is 0.913. The minimum Gasteiger partial charge on any atom is -0.394 e. The summed E-state index contributed by atoms with van der Waals surface area (Å²) < 4.78 is 10.9. The number of aliphatic hydroxyl groups is 3. The van der Waals surface area contributed by atoms with E-state index in [1.807, 2.05) is 0 Å². The van der Waals surface area contributed by atoms with E-state index in [2.05, 4.69) is 19.1 Å².